The fourth-order valence-electron chi connectivity index (χ4n) is 1.96. The summed E-state index contributed by atoms with van der Waals surface area (Å²) in [5, 5.41) is 7.65. The maximum Gasteiger partial charge on any atom is 0.191 e. The van der Waals surface area contributed by atoms with E-state index in [1.54, 1.807) is 18.9 Å². The first-order valence-electron chi connectivity index (χ1n) is 7.50. The summed E-state index contributed by atoms with van der Waals surface area (Å²) in [4.78, 5) is 4.68. The van der Waals surface area contributed by atoms with Gasteiger partial charge in [-0.05, 0) is 37.3 Å². The molecule has 0 aromatic heterocycles. The molecule has 0 fully saturated rings. The number of halogens is 2. The van der Waals surface area contributed by atoms with Crippen molar-refractivity contribution in [3.05, 3.63) is 34.9 Å². The van der Waals surface area contributed by atoms with Crippen molar-refractivity contribution >= 4 is 53.3 Å². The van der Waals surface area contributed by atoms with E-state index in [-0.39, 0.29) is 24.0 Å². The second kappa shape index (κ2) is 14.2. The van der Waals surface area contributed by atoms with Gasteiger partial charge in [-0.15, -0.1) is 24.0 Å². The number of hydrogen-bond donors (Lipinski definition) is 2. The molecule has 1 rings (SSSR count). The van der Waals surface area contributed by atoms with Gasteiger partial charge in [-0.1, -0.05) is 23.7 Å². The molecule has 0 spiro atoms. The zero-order valence-electron chi connectivity index (χ0n) is 14.0. The third kappa shape index (κ3) is 9.64. The summed E-state index contributed by atoms with van der Waals surface area (Å²) in [5.41, 5.74) is 1.21. The van der Waals surface area contributed by atoms with E-state index < -0.39 is 0 Å². The molecule has 1 unspecified atom stereocenters. The Morgan fingerprint density at radius 2 is 2.17 bits per heavy atom. The molecule has 1 aromatic rings. The Bertz CT molecular complexity index is 463. The van der Waals surface area contributed by atoms with Crippen LogP contribution in [0.5, 0.6) is 0 Å². The van der Waals surface area contributed by atoms with Crippen molar-refractivity contribution in [2.75, 3.05) is 39.6 Å². The molecule has 132 valence electrons. The third-order valence-corrected chi connectivity index (χ3v) is 4.31. The number of aliphatic imine (C=N–C) groups is 1. The van der Waals surface area contributed by atoms with Gasteiger partial charge < -0.3 is 15.4 Å². The minimum absolute atomic E-state index is 0. The Labute approximate surface area is 166 Å². The number of benzene rings is 1. The molecule has 7 heteroatoms. The normalized spacial score (nSPS) is 12.4. The molecule has 0 radical (unpaired) electrons. The molecule has 0 aliphatic rings. The molecule has 2 N–H and O–H groups in total. The number of thioether (sulfide) groups is 1. The molecule has 1 atom stereocenters. The van der Waals surface area contributed by atoms with Crippen molar-refractivity contribution in [2.24, 2.45) is 4.99 Å². The maximum atomic E-state index is 6.07. The summed E-state index contributed by atoms with van der Waals surface area (Å²) < 4.78 is 5.05. The average Bonchev–Trinajstić information content (AvgIpc) is 2.52. The van der Waals surface area contributed by atoms with Crippen molar-refractivity contribution in [1.82, 2.24) is 10.6 Å². The van der Waals surface area contributed by atoms with Gasteiger partial charge in [-0.3, -0.25) is 4.99 Å². The van der Waals surface area contributed by atoms with Gasteiger partial charge in [0.05, 0.1) is 6.54 Å². The SMILES string of the molecule is CCNC(=NCC(SC)c1cccc(Cl)c1)NCCCOC.I. The number of nitrogens with zero attached hydrogens (tertiary/aromatic N) is 1. The van der Waals surface area contributed by atoms with E-state index >= 15 is 0 Å². The minimum atomic E-state index is 0. The summed E-state index contributed by atoms with van der Waals surface area (Å²) in [5.74, 6) is 0.847. The second-order valence-electron chi connectivity index (χ2n) is 4.77. The van der Waals surface area contributed by atoms with Crippen LogP contribution in [0.2, 0.25) is 5.02 Å². The van der Waals surface area contributed by atoms with Crippen LogP contribution in [0, 0.1) is 0 Å². The molecular weight excluding hydrogens is 445 g/mol. The van der Waals surface area contributed by atoms with Crippen molar-refractivity contribution in [3.63, 3.8) is 0 Å². The fraction of sp³-hybridized carbons (Fsp3) is 0.562. The molecule has 0 aliphatic carbocycles. The van der Waals surface area contributed by atoms with Gasteiger partial charge in [0.2, 0.25) is 0 Å². The van der Waals surface area contributed by atoms with Crippen LogP contribution < -0.4 is 10.6 Å². The van der Waals surface area contributed by atoms with Crippen molar-refractivity contribution in [2.45, 2.75) is 18.6 Å². The number of rotatable bonds is 9. The van der Waals surface area contributed by atoms with Gasteiger partial charge in [0.1, 0.15) is 0 Å². The predicted molar refractivity (Wildman–Crippen MR) is 114 cm³/mol. The van der Waals surface area contributed by atoms with Gasteiger partial charge in [-0.25, -0.2) is 0 Å². The Balaban J connectivity index is 0.00000484. The summed E-state index contributed by atoms with van der Waals surface area (Å²) in [6.07, 6.45) is 3.06. The largest absolute Gasteiger partial charge is 0.385 e. The van der Waals surface area contributed by atoms with Crippen LogP contribution in [0.25, 0.3) is 0 Å². The van der Waals surface area contributed by atoms with Crippen LogP contribution in [0.3, 0.4) is 0 Å². The molecule has 0 heterocycles. The molecule has 23 heavy (non-hydrogen) atoms. The molecule has 1 aromatic carbocycles. The lowest BCUT2D eigenvalue weighted by molar-refractivity contribution is 0.195. The lowest BCUT2D eigenvalue weighted by Crippen LogP contribution is -2.38. The summed E-state index contributed by atoms with van der Waals surface area (Å²) in [6.45, 7) is 5.22. The maximum absolute atomic E-state index is 6.07. The summed E-state index contributed by atoms with van der Waals surface area (Å²) >= 11 is 7.86. The van der Waals surface area contributed by atoms with E-state index in [4.69, 9.17) is 16.3 Å². The fourth-order valence-corrected chi connectivity index (χ4v) is 2.80. The summed E-state index contributed by atoms with van der Waals surface area (Å²) in [6, 6.07) is 7.99. The number of hydrogen-bond acceptors (Lipinski definition) is 3. The van der Waals surface area contributed by atoms with Crippen LogP contribution >= 0.6 is 47.3 Å². The number of nitrogens with one attached hydrogen (secondary N) is 2. The van der Waals surface area contributed by atoms with E-state index in [2.05, 4.69) is 34.9 Å². The smallest absolute Gasteiger partial charge is 0.191 e. The van der Waals surface area contributed by atoms with Crippen LogP contribution in [-0.2, 0) is 4.74 Å². The highest BCUT2D eigenvalue weighted by atomic mass is 127. The highest BCUT2D eigenvalue weighted by molar-refractivity contribution is 14.0. The van der Waals surface area contributed by atoms with Crippen LogP contribution in [0.4, 0.5) is 0 Å². The van der Waals surface area contributed by atoms with Gasteiger partial charge in [0.25, 0.3) is 0 Å². The Kier molecular flexibility index (Phi) is 14.1. The van der Waals surface area contributed by atoms with Crippen LogP contribution in [0.1, 0.15) is 24.2 Å². The Morgan fingerprint density at radius 1 is 1.39 bits per heavy atom. The van der Waals surface area contributed by atoms with E-state index in [9.17, 15) is 0 Å². The highest BCUT2D eigenvalue weighted by Gasteiger charge is 2.10. The van der Waals surface area contributed by atoms with Gasteiger partial charge in [-0.2, -0.15) is 11.8 Å². The molecule has 0 aliphatic heterocycles. The number of ether oxygens (including phenoxy) is 1. The van der Waals surface area contributed by atoms with Crippen molar-refractivity contribution < 1.29 is 4.74 Å². The molecule has 4 nitrogen and oxygen atoms in total. The monoisotopic (exact) mass is 471 g/mol. The van der Waals surface area contributed by atoms with Gasteiger partial charge in [0.15, 0.2) is 5.96 Å². The lowest BCUT2D eigenvalue weighted by atomic mass is 10.1. The molecule has 0 saturated heterocycles. The zero-order valence-corrected chi connectivity index (χ0v) is 17.9. The quantitative estimate of drug-likeness (QED) is 0.248. The standard InChI is InChI=1S/C16H26ClN3OS.HI/c1-4-18-16(19-9-6-10-21-2)20-12-15(22-3)13-7-5-8-14(17)11-13;/h5,7-8,11,15H,4,6,9-10,12H2,1-3H3,(H2,18,19,20);1H. The van der Waals surface area contributed by atoms with E-state index in [1.165, 1.54) is 5.56 Å². The lowest BCUT2D eigenvalue weighted by Gasteiger charge is -2.15. The van der Waals surface area contributed by atoms with E-state index in [0.29, 0.717) is 11.8 Å². The first-order chi connectivity index (χ1) is 10.7. The van der Waals surface area contributed by atoms with Crippen molar-refractivity contribution in [1.29, 1.82) is 0 Å². The second-order valence-corrected chi connectivity index (χ2v) is 6.25. The molecular formula is C16H27ClIN3OS. The first kappa shape index (κ1) is 22.8. The van der Waals surface area contributed by atoms with Gasteiger partial charge >= 0.3 is 0 Å². The molecule has 0 saturated carbocycles. The average molecular weight is 472 g/mol. The van der Waals surface area contributed by atoms with Crippen LogP contribution in [0.15, 0.2) is 29.3 Å². The molecule has 0 bridgehead atoms. The predicted octanol–water partition coefficient (Wildman–Crippen LogP) is 3.95. The molecule has 0 amide bonds. The van der Waals surface area contributed by atoms with Gasteiger partial charge in [0, 0.05) is 37.1 Å². The summed E-state index contributed by atoms with van der Waals surface area (Å²) in [7, 11) is 1.72. The zero-order chi connectivity index (χ0) is 16.2. The first-order valence-corrected chi connectivity index (χ1v) is 9.17. The van der Waals surface area contributed by atoms with E-state index in [1.807, 2.05) is 18.2 Å². The Morgan fingerprint density at radius 3 is 2.78 bits per heavy atom. The minimum Gasteiger partial charge on any atom is -0.385 e. The third-order valence-electron chi connectivity index (χ3n) is 3.08. The topological polar surface area (TPSA) is 45.7 Å². The highest BCUT2D eigenvalue weighted by Crippen LogP contribution is 2.28. The van der Waals surface area contributed by atoms with Crippen molar-refractivity contribution in [3.8, 4) is 0 Å². The Hall–Kier alpha value is -0.180. The number of guanidine groups is 1. The number of methoxy groups -OCH3 is 1. The van der Waals surface area contributed by atoms with E-state index in [0.717, 1.165) is 37.1 Å². The van der Waals surface area contributed by atoms with Crippen LogP contribution in [-0.4, -0.2) is 45.6 Å².